The lowest BCUT2D eigenvalue weighted by Crippen LogP contribution is -2.16. The number of pyridine rings is 1. The molecule has 3 nitrogen and oxygen atoms in total. The monoisotopic (exact) mass is 267 g/mol. The van der Waals surface area contributed by atoms with Gasteiger partial charge in [0, 0.05) is 32.4 Å². The third-order valence-electron chi connectivity index (χ3n) is 3.75. The molecule has 0 unspecified atom stereocenters. The summed E-state index contributed by atoms with van der Waals surface area (Å²) >= 11 is 0. The van der Waals surface area contributed by atoms with E-state index in [2.05, 4.69) is 52.5 Å². The van der Waals surface area contributed by atoms with Gasteiger partial charge in [0.05, 0.1) is 5.69 Å². The highest BCUT2D eigenvalue weighted by molar-refractivity contribution is 5.34. The minimum Gasteiger partial charge on any atom is -0.313 e. The Balaban J connectivity index is 1.66. The van der Waals surface area contributed by atoms with E-state index in [9.17, 15) is 0 Å². The molecule has 104 valence electrons. The summed E-state index contributed by atoms with van der Waals surface area (Å²) in [5, 5.41) is 3.38. The van der Waals surface area contributed by atoms with Crippen molar-refractivity contribution in [2.75, 3.05) is 6.54 Å². The van der Waals surface area contributed by atoms with Crippen molar-refractivity contribution in [1.82, 2.24) is 15.2 Å². The molecule has 0 amide bonds. The lowest BCUT2D eigenvalue weighted by atomic mass is 10.1. The van der Waals surface area contributed by atoms with E-state index in [1.54, 1.807) is 0 Å². The molecule has 0 saturated carbocycles. The molecular weight excluding hydrogens is 246 g/mol. The molecule has 1 aromatic carbocycles. The van der Waals surface area contributed by atoms with E-state index < -0.39 is 0 Å². The largest absolute Gasteiger partial charge is 0.313 e. The molecule has 2 aromatic rings. The second-order valence-electron chi connectivity index (χ2n) is 5.35. The van der Waals surface area contributed by atoms with Crippen LogP contribution in [0.15, 0.2) is 42.6 Å². The average Bonchev–Trinajstić information content (AvgIpc) is 2.87. The van der Waals surface area contributed by atoms with E-state index in [1.165, 1.54) is 16.7 Å². The van der Waals surface area contributed by atoms with Gasteiger partial charge >= 0.3 is 0 Å². The number of benzene rings is 1. The van der Waals surface area contributed by atoms with Gasteiger partial charge in [0.1, 0.15) is 0 Å². The zero-order valence-electron chi connectivity index (χ0n) is 12.0. The van der Waals surface area contributed by atoms with Gasteiger partial charge in [0.15, 0.2) is 0 Å². The smallest absolute Gasteiger partial charge is 0.0544 e. The van der Waals surface area contributed by atoms with Gasteiger partial charge in [-0.1, -0.05) is 31.2 Å². The summed E-state index contributed by atoms with van der Waals surface area (Å²) in [5.74, 6) is 0. The van der Waals surface area contributed by atoms with Crippen LogP contribution in [0.2, 0.25) is 0 Å². The van der Waals surface area contributed by atoms with Crippen molar-refractivity contribution in [3.63, 3.8) is 0 Å². The molecular formula is C17H21N3. The normalized spacial score (nSPS) is 14.4. The fourth-order valence-electron chi connectivity index (χ4n) is 2.73. The lowest BCUT2D eigenvalue weighted by Gasteiger charge is -2.13. The molecule has 0 atom stereocenters. The van der Waals surface area contributed by atoms with Crippen molar-refractivity contribution in [3.05, 3.63) is 65.0 Å². The molecule has 3 rings (SSSR count). The number of hydrogen-bond acceptors (Lipinski definition) is 3. The topological polar surface area (TPSA) is 28.2 Å². The number of nitrogens with one attached hydrogen (secondary N) is 1. The Morgan fingerprint density at radius 2 is 2.05 bits per heavy atom. The van der Waals surface area contributed by atoms with Crippen LogP contribution >= 0.6 is 0 Å². The van der Waals surface area contributed by atoms with Gasteiger partial charge in [0.25, 0.3) is 0 Å². The van der Waals surface area contributed by atoms with E-state index in [0.29, 0.717) is 0 Å². The third kappa shape index (κ3) is 3.06. The number of hydrogen-bond donors (Lipinski definition) is 1. The SMILES string of the molecule is CCNCc1ccc2c(c1)CN(Cc1ccccn1)C2. The predicted molar refractivity (Wildman–Crippen MR) is 81.0 cm³/mol. The van der Waals surface area contributed by atoms with E-state index >= 15 is 0 Å². The fraction of sp³-hybridized carbons (Fsp3) is 0.353. The summed E-state index contributed by atoms with van der Waals surface area (Å²) in [6, 6.07) is 13.0. The van der Waals surface area contributed by atoms with Crippen LogP contribution < -0.4 is 5.32 Å². The lowest BCUT2D eigenvalue weighted by molar-refractivity contribution is 0.272. The van der Waals surface area contributed by atoms with Crippen LogP contribution in [0.4, 0.5) is 0 Å². The predicted octanol–water partition coefficient (Wildman–Crippen LogP) is 2.71. The summed E-state index contributed by atoms with van der Waals surface area (Å²) in [6.07, 6.45) is 1.87. The van der Waals surface area contributed by atoms with Crippen LogP contribution in [0.3, 0.4) is 0 Å². The van der Waals surface area contributed by atoms with Crippen molar-refractivity contribution < 1.29 is 0 Å². The molecule has 3 heteroatoms. The molecule has 1 aliphatic rings. The van der Waals surface area contributed by atoms with Gasteiger partial charge < -0.3 is 5.32 Å². The quantitative estimate of drug-likeness (QED) is 0.903. The molecule has 2 heterocycles. The molecule has 0 bridgehead atoms. The Labute approximate surface area is 120 Å². The average molecular weight is 267 g/mol. The summed E-state index contributed by atoms with van der Waals surface area (Å²) in [6.45, 7) is 7.12. The number of rotatable bonds is 5. The van der Waals surface area contributed by atoms with Crippen molar-refractivity contribution in [2.24, 2.45) is 0 Å². The molecule has 0 aliphatic carbocycles. The summed E-state index contributed by atoms with van der Waals surface area (Å²) in [5.41, 5.74) is 5.45. The highest BCUT2D eigenvalue weighted by atomic mass is 15.1. The first-order chi connectivity index (χ1) is 9.85. The van der Waals surface area contributed by atoms with Crippen LogP contribution in [0, 0.1) is 0 Å². The molecule has 1 aliphatic heterocycles. The second kappa shape index (κ2) is 6.16. The van der Waals surface area contributed by atoms with Crippen LogP contribution in [-0.2, 0) is 26.2 Å². The minimum atomic E-state index is 0.929. The first-order valence-electron chi connectivity index (χ1n) is 7.29. The third-order valence-corrected chi connectivity index (χ3v) is 3.75. The summed E-state index contributed by atoms with van der Waals surface area (Å²) in [7, 11) is 0. The molecule has 20 heavy (non-hydrogen) atoms. The highest BCUT2D eigenvalue weighted by Gasteiger charge is 2.19. The number of aromatic nitrogens is 1. The molecule has 0 saturated heterocycles. The van der Waals surface area contributed by atoms with Crippen LogP contribution in [0.25, 0.3) is 0 Å². The van der Waals surface area contributed by atoms with Crippen LogP contribution in [-0.4, -0.2) is 16.4 Å². The van der Waals surface area contributed by atoms with Crippen molar-refractivity contribution >= 4 is 0 Å². The zero-order chi connectivity index (χ0) is 13.8. The number of fused-ring (bicyclic) bond motifs is 1. The van der Waals surface area contributed by atoms with Gasteiger partial charge in [-0.15, -0.1) is 0 Å². The standard InChI is InChI=1S/C17H21N3/c1-2-18-10-14-6-7-15-11-20(12-16(15)9-14)13-17-5-3-4-8-19-17/h3-9,18H,2,10-13H2,1H3. The Morgan fingerprint density at radius 1 is 1.15 bits per heavy atom. The zero-order valence-corrected chi connectivity index (χ0v) is 12.0. The van der Waals surface area contributed by atoms with Crippen LogP contribution in [0.5, 0.6) is 0 Å². The molecule has 0 spiro atoms. The Hall–Kier alpha value is -1.71. The highest BCUT2D eigenvalue weighted by Crippen LogP contribution is 2.25. The molecule has 1 aromatic heterocycles. The maximum Gasteiger partial charge on any atom is 0.0544 e. The first kappa shape index (κ1) is 13.3. The van der Waals surface area contributed by atoms with E-state index in [4.69, 9.17) is 0 Å². The minimum absolute atomic E-state index is 0.929. The molecule has 0 radical (unpaired) electrons. The van der Waals surface area contributed by atoms with Crippen molar-refractivity contribution in [1.29, 1.82) is 0 Å². The van der Waals surface area contributed by atoms with E-state index in [0.717, 1.165) is 38.4 Å². The second-order valence-corrected chi connectivity index (χ2v) is 5.35. The number of nitrogens with zero attached hydrogens (tertiary/aromatic N) is 2. The van der Waals surface area contributed by atoms with Crippen molar-refractivity contribution in [3.8, 4) is 0 Å². The van der Waals surface area contributed by atoms with Gasteiger partial charge in [-0.25, -0.2) is 0 Å². The Bertz CT molecular complexity index is 566. The van der Waals surface area contributed by atoms with E-state index in [1.807, 2.05) is 12.3 Å². The maximum atomic E-state index is 4.41. The summed E-state index contributed by atoms with van der Waals surface area (Å²) in [4.78, 5) is 6.86. The van der Waals surface area contributed by atoms with E-state index in [-0.39, 0.29) is 0 Å². The fourth-order valence-corrected chi connectivity index (χ4v) is 2.73. The van der Waals surface area contributed by atoms with Gasteiger partial charge in [0.2, 0.25) is 0 Å². The summed E-state index contributed by atoms with van der Waals surface area (Å²) < 4.78 is 0. The Kier molecular flexibility index (Phi) is 4.09. The maximum absolute atomic E-state index is 4.41. The van der Waals surface area contributed by atoms with Gasteiger partial charge in [-0.2, -0.15) is 0 Å². The van der Waals surface area contributed by atoms with Gasteiger partial charge in [-0.3, -0.25) is 9.88 Å². The van der Waals surface area contributed by atoms with Crippen LogP contribution in [0.1, 0.15) is 29.3 Å². The van der Waals surface area contributed by atoms with Gasteiger partial charge in [-0.05, 0) is 35.4 Å². The molecule has 0 fully saturated rings. The van der Waals surface area contributed by atoms with Crippen molar-refractivity contribution in [2.45, 2.75) is 33.1 Å². The first-order valence-corrected chi connectivity index (χ1v) is 7.29. The molecule has 1 N–H and O–H groups in total. The Morgan fingerprint density at radius 3 is 2.85 bits per heavy atom.